The molecular formula is C10H15N3S. The number of aromatic nitrogens is 2. The maximum absolute atomic E-state index is 5.76. The third-order valence-corrected chi connectivity index (χ3v) is 3.70. The summed E-state index contributed by atoms with van der Waals surface area (Å²) in [6.45, 7) is 6.94. The lowest BCUT2D eigenvalue weighted by Gasteiger charge is -2.00. The standard InChI is InChI=1S/C10H15N3S/c1-4-8-9(5-11)13-6(2)7(3)14-10(13)12-8/h4-5,11H2,1-3H3. The molecule has 0 bridgehead atoms. The average molecular weight is 209 g/mol. The van der Waals surface area contributed by atoms with Gasteiger partial charge in [-0.1, -0.05) is 6.92 Å². The summed E-state index contributed by atoms with van der Waals surface area (Å²) in [5.41, 5.74) is 9.35. The molecule has 0 radical (unpaired) electrons. The molecule has 76 valence electrons. The van der Waals surface area contributed by atoms with Crippen molar-refractivity contribution in [1.82, 2.24) is 9.38 Å². The first-order valence-corrected chi connectivity index (χ1v) is 5.67. The van der Waals surface area contributed by atoms with Crippen molar-refractivity contribution in [3.63, 3.8) is 0 Å². The van der Waals surface area contributed by atoms with E-state index < -0.39 is 0 Å². The second-order valence-corrected chi connectivity index (χ2v) is 4.61. The molecule has 0 aliphatic rings. The summed E-state index contributed by atoms with van der Waals surface area (Å²) in [6.07, 6.45) is 0.958. The molecule has 0 saturated carbocycles. The SMILES string of the molecule is CCc1nc2sc(C)c(C)n2c1CN. The smallest absolute Gasteiger partial charge is 0.194 e. The van der Waals surface area contributed by atoms with Gasteiger partial charge in [-0.05, 0) is 20.3 Å². The number of imidazole rings is 1. The van der Waals surface area contributed by atoms with Gasteiger partial charge in [0.1, 0.15) is 0 Å². The normalized spacial score (nSPS) is 11.4. The number of aryl methyl sites for hydroxylation is 3. The van der Waals surface area contributed by atoms with Crippen molar-refractivity contribution in [2.75, 3.05) is 0 Å². The maximum atomic E-state index is 5.76. The average Bonchev–Trinajstić information content (AvgIpc) is 2.65. The second kappa shape index (κ2) is 3.37. The summed E-state index contributed by atoms with van der Waals surface area (Å²) in [5.74, 6) is 0. The number of fused-ring (bicyclic) bond motifs is 1. The Morgan fingerprint density at radius 2 is 2.14 bits per heavy atom. The van der Waals surface area contributed by atoms with Crippen LogP contribution in [-0.2, 0) is 13.0 Å². The monoisotopic (exact) mass is 209 g/mol. The molecule has 2 heterocycles. The Kier molecular flexibility index (Phi) is 2.33. The number of thiazole rings is 1. The van der Waals surface area contributed by atoms with Crippen molar-refractivity contribution in [1.29, 1.82) is 0 Å². The predicted molar refractivity (Wildman–Crippen MR) is 59.8 cm³/mol. The fourth-order valence-corrected chi connectivity index (χ4v) is 2.76. The molecule has 2 aromatic heterocycles. The number of nitrogens with two attached hydrogens (primary N) is 1. The number of hydrogen-bond donors (Lipinski definition) is 1. The summed E-state index contributed by atoms with van der Waals surface area (Å²) < 4.78 is 2.19. The first kappa shape index (κ1) is 9.68. The van der Waals surface area contributed by atoms with E-state index in [1.165, 1.54) is 16.3 Å². The molecule has 0 atom stereocenters. The third kappa shape index (κ3) is 1.18. The Morgan fingerprint density at radius 3 is 2.71 bits per heavy atom. The minimum absolute atomic E-state index is 0.571. The molecule has 0 fully saturated rings. The van der Waals surface area contributed by atoms with Gasteiger partial charge in [0.15, 0.2) is 4.96 Å². The van der Waals surface area contributed by atoms with Crippen LogP contribution in [0.5, 0.6) is 0 Å². The molecule has 0 amide bonds. The lowest BCUT2D eigenvalue weighted by atomic mass is 10.2. The molecule has 3 nitrogen and oxygen atoms in total. The first-order valence-electron chi connectivity index (χ1n) is 4.85. The number of hydrogen-bond acceptors (Lipinski definition) is 3. The van der Waals surface area contributed by atoms with Crippen LogP contribution >= 0.6 is 11.3 Å². The summed E-state index contributed by atoms with van der Waals surface area (Å²) in [4.78, 5) is 6.99. The van der Waals surface area contributed by atoms with Gasteiger partial charge in [0.25, 0.3) is 0 Å². The third-order valence-electron chi connectivity index (χ3n) is 2.64. The first-order chi connectivity index (χ1) is 6.69. The summed E-state index contributed by atoms with van der Waals surface area (Å²) in [6, 6.07) is 0. The molecule has 2 N–H and O–H groups in total. The molecule has 14 heavy (non-hydrogen) atoms. The van der Waals surface area contributed by atoms with Crippen LogP contribution in [0.25, 0.3) is 4.96 Å². The topological polar surface area (TPSA) is 43.3 Å². The summed E-state index contributed by atoms with van der Waals surface area (Å²) in [5, 5.41) is 0. The van der Waals surface area contributed by atoms with Crippen molar-refractivity contribution < 1.29 is 0 Å². The van der Waals surface area contributed by atoms with E-state index in [0.29, 0.717) is 6.54 Å². The van der Waals surface area contributed by atoms with Gasteiger partial charge in [0.05, 0.1) is 11.4 Å². The Bertz CT molecular complexity index is 467. The van der Waals surface area contributed by atoms with E-state index >= 15 is 0 Å². The Morgan fingerprint density at radius 1 is 1.43 bits per heavy atom. The molecule has 0 unspecified atom stereocenters. The van der Waals surface area contributed by atoms with Crippen LogP contribution in [0.15, 0.2) is 0 Å². The molecule has 4 heteroatoms. The molecule has 0 saturated heterocycles. The highest BCUT2D eigenvalue weighted by Gasteiger charge is 2.14. The zero-order valence-corrected chi connectivity index (χ0v) is 9.61. The Labute approximate surface area is 87.6 Å². The van der Waals surface area contributed by atoms with Gasteiger partial charge in [-0.2, -0.15) is 0 Å². The van der Waals surface area contributed by atoms with E-state index in [-0.39, 0.29) is 0 Å². The van der Waals surface area contributed by atoms with Gasteiger partial charge in [0.2, 0.25) is 0 Å². The van der Waals surface area contributed by atoms with E-state index in [4.69, 9.17) is 5.73 Å². The lowest BCUT2D eigenvalue weighted by Crippen LogP contribution is -2.04. The van der Waals surface area contributed by atoms with E-state index in [2.05, 4.69) is 30.2 Å². The fraction of sp³-hybridized carbons (Fsp3) is 0.500. The van der Waals surface area contributed by atoms with Crippen LogP contribution < -0.4 is 5.73 Å². The quantitative estimate of drug-likeness (QED) is 0.822. The van der Waals surface area contributed by atoms with Crippen molar-refractivity contribution >= 4 is 16.3 Å². The highest BCUT2D eigenvalue weighted by molar-refractivity contribution is 7.17. The zero-order valence-electron chi connectivity index (χ0n) is 8.79. The lowest BCUT2D eigenvalue weighted by molar-refractivity contribution is 0.901. The summed E-state index contributed by atoms with van der Waals surface area (Å²) >= 11 is 1.74. The molecule has 0 aliphatic carbocycles. The molecular weight excluding hydrogens is 194 g/mol. The number of nitrogens with zero attached hydrogens (tertiary/aromatic N) is 2. The van der Waals surface area contributed by atoms with Gasteiger partial charge >= 0.3 is 0 Å². The van der Waals surface area contributed by atoms with Crippen LogP contribution in [0.4, 0.5) is 0 Å². The van der Waals surface area contributed by atoms with E-state index in [9.17, 15) is 0 Å². The van der Waals surface area contributed by atoms with Crippen molar-refractivity contribution in [2.45, 2.75) is 33.7 Å². The highest BCUT2D eigenvalue weighted by atomic mass is 32.1. The molecule has 0 aromatic carbocycles. The van der Waals surface area contributed by atoms with Crippen LogP contribution in [0, 0.1) is 13.8 Å². The number of rotatable bonds is 2. The van der Waals surface area contributed by atoms with Gasteiger partial charge in [-0.3, -0.25) is 4.40 Å². The van der Waals surface area contributed by atoms with Gasteiger partial charge in [-0.25, -0.2) is 4.98 Å². The zero-order chi connectivity index (χ0) is 10.3. The molecule has 0 spiro atoms. The van der Waals surface area contributed by atoms with Crippen LogP contribution in [0.2, 0.25) is 0 Å². The highest BCUT2D eigenvalue weighted by Crippen LogP contribution is 2.25. The van der Waals surface area contributed by atoms with E-state index in [1.54, 1.807) is 11.3 Å². The van der Waals surface area contributed by atoms with Crippen molar-refractivity contribution in [3.05, 3.63) is 22.0 Å². The second-order valence-electron chi connectivity index (χ2n) is 3.42. The summed E-state index contributed by atoms with van der Waals surface area (Å²) in [7, 11) is 0. The van der Waals surface area contributed by atoms with E-state index in [0.717, 1.165) is 17.1 Å². The van der Waals surface area contributed by atoms with E-state index in [1.807, 2.05) is 0 Å². The van der Waals surface area contributed by atoms with Gasteiger partial charge < -0.3 is 5.73 Å². The maximum Gasteiger partial charge on any atom is 0.194 e. The van der Waals surface area contributed by atoms with Crippen LogP contribution in [-0.4, -0.2) is 9.38 Å². The molecule has 2 aromatic rings. The molecule has 0 aliphatic heterocycles. The largest absolute Gasteiger partial charge is 0.325 e. The van der Waals surface area contributed by atoms with Crippen molar-refractivity contribution in [2.24, 2.45) is 5.73 Å². The molecule has 2 rings (SSSR count). The van der Waals surface area contributed by atoms with Gasteiger partial charge in [-0.15, -0.1) is 11.3 Å². The fourth-order valence-electron chi connectivity index (χ4n) is 1.75. The minimum Gasteiger partial charge on any atom is -0.325 e. The Balaban J connectivity index is 2.79. The minimum atomic E-state index is 0.571. The van der Waals surface area contributed by atoms with Gasteiger partial charge in [0, 0.05) is 17.1 Å². The predicted octanol–water partition coefficient (Wildman–Crippen LogP) is 2.03. The van der Waals surface area contributed by atoms with Crippen LogP contribution in [0.1, 0.15) is 28.9 Å². The van der Waals surface area contributed by atoms with Crippen molar-refractivity contribution in [3.8, 4) is 0 Å². The van der Waals surface area contributed by atoms with Crippen LogP contribution in [0.3, 0.4) is 0 Å². The Hall–Kier alpha value is -0.870.